The minimum Gasteiger partial charge on any atom is -0.395 e. The second-order valence-electron chi connectivity index (χ2n) is 8.79. The predicted octanol–water partition coefficient (Wildman–Crippen LogP) is 2.53. The van der Waals surface area contributed by atoms with Crippen LogP contribution in [0.25, 0.3) is 0 Å². The van der Waals surface area contributed by atoms with Gasteiger partial charge in [-0.2, -0.15) is 13.2 Å². The minimum absolute atomic E-state index is 0.142. The van der Waals surface area contributed by atoms with Gasteiger partial charge in [0.05, 0.1) is 24.1 Å². The van der Waals surface area contributed by atoms with Gasteiger partial charge < -0.3 is 25.5 Å². The summed E-state index contributed by atoms with van der Waals surface area (Å²) in [6.07, 6.45) is -1.68. The third kappa shape index (κ3) is 6.24. The number of amides is 3. The van der Waals surface area contributed by atoms with Gasteiger partial charge in [0.25, 0.3) is 0 Å². The molecule has 0 spiro atoms. The molecule has 0 saturated carbocycles. The Balaban J connectivity index is 1.32. The third-order valence-corrected chi connectivity index (χ3v) is 6.37. The highest BCUT2D eigenvalue weighted by Gasteiger charge is 2.32. The Labute approximate surface area is 206 Å². The number of urea groups is 1. The summed E-state index contributed by atoms with van der Waals surface area (Å²) in [5, 5.41) is 14.2. The summed E-state index contributed by atoms with van der Waals surface area (Å²) >= 11 is 0. The van der Waals surface area contributed by atoms with Gasteiger partial charge in [0.15, 0.2) is 0 Å². The quantitative estimate of drug-likeness (QED) is 0.557. The van der Waals surface area contributed by atoms with Crippen LogP contribution in [0.4, 0.5) is 35.2 Å². The maximum absolute atomic E-state index is 13.0. The van der Waals surface area contributed by atoms with Crippen molar-refractivity contribution in [1.82, 2.24) is 15.2 Å². The zero-order chi connectivity index (χ0) is 25.7. The molecule has 1 aromatic heterocycles. The van der Waals surface area contributed by atoms with Gasteiger partial charge in [0.2, 0.25) is 5.91 Å². The molecule has 36 heavy (non-hydrogen) atoms. The number of benzene rings is 1. The Morgan fingerprint density at radius 3 is 2.39 bits per heavy atom. The molecule has 9 nitrogen and oxygen atoms in total. The molecule has 2 saturated heterocycles. The molecule has 1 aromatic carbocycles. The van der Waals surface area contributed by atoms with Crippen molar-refractivity contribution in [3.63, 3.8) is 0 Å². The number of pyridine rings is 1. The largest absolute Gasteiger partial charge is 0.416 e. The highest BCUT2D eigenvalue weighted by Crippen LogP contribution is 2.30. The van der Waals surface area contributed by atoms with Crippen LogP contribution in [0, 0.1) is 0 Å². The zero-order valence-corrected chi connectivity index (χ0v) is 19.7. The van der Waals surface area contributed by atoms with E-state index in [0.29, 0.717) is 31.6 Å². The fraction of sp³-hybridized carbons (Fsp3) is 0.458. The average Bonchev–Trinajstić information content (AvgIpc) is 2.86. The van der Waals surface area contributed by atoms with Gasteiger partial charge in [0, 0.05) is 45.0 Å². The minimum atomic E-state index is -4.46. The normalized spacial score (nSPS) is 19.3. The summed E-state index contributed by atoms with van der Waals surface area (Å²) in [5.74, 6) is 0.549. The molecular weight excluding hydrogens is 477 g/mol. The predicted molar refractivity (Wildman–Crippen MR) is 129 cm³/mol. The summed E-state index contributed by atoms with van der Waals surface area (Å²) in [7, 11) is 0. The molecule has 0 bridgehead atoms. The van der Waals surface area contributed by atoms with Crippen LogP contribution < -0.4 is 20.4 Å². The van der Waals surface area contributed by atoms with Gasteiger partial charge in [-0.1, -0.05) is 0 Å². The molecule has 3 amide bonds. The first-order valence-corrected chi connectivity index (χ1v) is 11.8. The maximum atomic E-state index is 13.0. The monoisotopic (exact) mass is 506 g/mol. The number of carbonyl (C=O) groups is 2. The fourth-order valence-electron chi connectivity index (χ4n) is 4.40. The van der Waals surface area contributed by atoms with E-state index >= 15 is 0 Å². The Morgan fingerprint density at radius 2 is 1.78 bits per heavy atom. The molecule has 12 heteroatoms. The van der Waals surface area contributed by atoms with Crippen LogP contribution in [0.3, 0.4) is 0 Å². The third-order valence-electron chi connectivity index (χ3n) is 6.37. The van der Waals surface area contributed by atoms with E-state index in [1.165, 1.54) is 0 Å². The number of aliphatic hydroxyl groups is 1. The van der Waals surface area contributed by atoms with Crippen LogP contribution in [0.2, 0.25) is 0 Å². The summed E-state index contributed by atoms with van der Waals surface area (Å²) in [5.41, 5.74) is 0.0186. The number of hydrogen-bond acceptors (Lipinski definition) is 6. The highest BCUT2D eigenvalue weighted by atomic mass is 19.4. The van der Waals surface area contributed by atoms with Gasteiger partial charge in [-0.05, 0) is 49.2 Å². The number of anilines is 3. The lowest BCUT2D eigenvalue weighted by Crippen LogP contribution is -2.53. The average molecular weight is 507 g/mol. The van der Waals surface area contributed by atoms with Gasteiger partial charge in [-0.25, -0.2) is 9.78 Å². The van der Waals surface area contributed by atoms with E-state index in [4.69, 9.17) is 5.11 Å². The Bertz CT molecular complexity index is 1040. The molecule has 1 atom stereocenters. The molecular formula is C24H29F3N6O3. The molecule has 2 aliphatic rings. The number of halogens is 3. The van der Waals surface area contributed by atoms with Crippen molar-refractivity contribution in [2.24, 2.45) is 0 Å². The van der Waals surface area contributed by atoms with E-state index in [1.54, 1.807) is 11.1 Å². The fourth-order valence-corrected chi connectivity index (χ4v) is 4.40. The molecule has 3 heterocycles. The number of piperazine rings is 1. The van der Waals surface area contributed by atoms with Crippen LogP contribution in [-0.2, 0) is 11.0 Å². The van der Waals surface area contributed by atoms with Crippen LogP contribution in [0.5, 0.6) is 0 Å². The van der Waals surface area contributed by atoms with Crippen molar-refractivity contribution < 1.29 is 27.9 Å². The first-order valence-electron chi connectivity index (χ1n) is 11.8. The summed E-state index contributed by atoms with van der Waals surface area (Å²) in [6.45, 7) is 4.59. The number of nitrogens with one attached hydrogen (secondary N) is 2. The molecule has 4 rings (SSSR count). The van der Waals surface area contributed by atoms with E-state index in [1.807, 2.05) is 12.1 Å². The molecule has 2 aromatic rings. The number of alkyl halides is 3. The lowest BCUT2D eigenvalue weighted by atomic mass is 10.0. The lowest BCUT2D eigenvalue weighted by Gasteiger charge is -2.35. The molecule has 2 aliphatic heterocycles. The number of carbonyl (C=O) groups excluding carboxylic acids is 2. The zero-order valence-electron chi connectivity index (χ0n) is 19.7. The number of aromatic nitrogens is 1. The van der Waals surface area contributed by atoms with Gasteiger partial charge >= 0.3 is 12.2 Å². The van der Waals surface area contributed by atoms with Crippen LogP contribution in [0.15, 0.2) is 42.6 Å². The molecule has 0 aliphatic carbocycles. The molecule has 194 valence electrons. The van der Waals surface area contributed by atoms with Crippen molar-refractivity contribution in [3.05, 3.63) is 48.2 Å². The topological polar surface area (TPSA) is 101 Å². The van der Waals surface area contributed by atoms with Crippen LogP contribution in [-0.4, -0.2) is 78.8 Å². The molecule has 1 unspecified atom stereocenters. The standard InChI is InChI=1S/C24H29F3N6O3/c25-24(26,27)17-3-5-18(6-4-17)29-23(36)30-20-2-1-9-33(22(20)35)19-7-8-21(28-16-19)32-12-10-31(11-13-32)14-15-34/h3-8,16,20,34H,1-2,9-15H2,(H2,29,30,36). The van der Waals surface area contributed by atoms with E-state index in [2.05, 4.69) is 25.4 Å². The molecule has 2 fully saturated rings. The smallest absolute Gasteiger partial charge is 0.395 e. The second kappa shape index (κ2) is 11.1. The highest BCUT2D eigenvalue weighted by molar-refractivity contribution is 6.01. The second-order valence-corrected chi connectivity index (χ2v) is 8.79. The van der Waals surface area contributed by atoms with Crippen molar-refractivity contribution in [1.29, 1.82) is 0 Å². The number of piperidine rings is 1. The van der Waals surface area contributed by atoms with Gasteiger partial charge in [-0.3, -0.25) is 9.69 Å². The molecule has 0 radical (unpaired) electrons. The maximum Gasteiger partial charge on any atom is 0.416 e. The van der Waals surface area contributed by atoms with Crippen molar-refractivity contribution in [2.75, 3.05) is 61.0 Å². The number of rotatable bonds is 6. The summed E-state index contributed by atoms with van der Waals surface area (Å²) in [6, 6.07) is 6.39. The Kier molecular flexibility index (Phi) is 7.94. The van der Waals surface area contributed by atoms with Crippen LogP contribution in [0.1, 0.15) is 18.4 Å². The van der Waals surface area contributed by atoms with E-state index < -0.39 is 23.8 Å². The van der Waals surface area contributed by atoms with E-state index in [9.17, 15) is 22.8 Å². The van der Waals surface area contributed by atoms with Gasteiger partial charge in [0.1, 0.15) is 11.9 Å². The SMILES string of the molecule is O=C(Nc1ccc(C(F)(F)F)cc1)NC1CCCN(c2ccc(N3CCN(CCO)CC3)nc2)C1=O. The Morgan fingerprint density at radius 1 is 1.06 bits per heavy atom. The number of hydrogen-bond donors (Lipinski definition) is 3. The summed E-state index contributed by atoms with van der Waals surface area (Å²) in [4.78, 5) is 35.9. The molecule has 3 N–H and O–H groups in total. The first-order chi connectivity index (χ1) is 17.2. The van der Waals surface area contributed by atoms with Crippen molar-refractivity contribution in [3.8, 4) is 0 Å². The lowest BCUT2D eigenvalue weighted by molar-refractivity contribution is -0.137. The number of nitrogens with zero attached hydrogens (tertiary/aromatic N) is 4. The number of β-amino-alcohol motifs (C(OH)–C–C–N with tert-alkyl or cyclic N) is 1. The Hall–Kier alpha value is -3.38. The van der Waals surface area contributed by atoms with Crippen molar-refractivity contribution in [2.45, 2.75) is 25.1 Å². The van der Waals surface area contributed by atoms with Crippen molar-refractivity contribution >= 4 is 29.1 Å². The van der Waals surface area contributed by atoms with E-state index in [0.717, 1.165) is 56.3 Å². The number of aliphatic hydroxyl groups excluding tert-OH is 1. The first kappa shape index (κ1) is 25.7. The van der Waals surface area contributed by atoms with Crippen LogP contribution >= 0.6 is 0 Å². The summed E-state index contributed by atoms with van der Waals surface area (Å²) < 4.78 is 38.1. The van der Waals surface area contributed by atoms with E-state index in [-0.39, 0.29) is 18.2 Å². The van der Waals surface area contributed by atoms with Gasteiger partial charge in [-0.15, -0.1) is 0 Å².